The second-order valence-electron chi connectivity index (χ2n) is 5.45. The molecule has 3 unspecified atom stereocenters. The summed E-state index contributed by atoms with van der Waals surface area (Å²) in [6.45, 7) is 11.7. The first kappa shape index (κ1) is 15.4. The monoisotopic (exact) mass is 256 g/mol. The lowest BCUT2D eigenvalue weighted by Gasteiger charge is -2.26. The molecular weight excluding hydrogens is 228 g/mol. The van der Waals surface area contributed by atoms with Gasteiger partial charge in [-0.25, -0.2) is 0 Å². The van der Waals surface area contributed by atoms with Crippen LogP contribution in [0.2, 0.25) is 0 Å². The van der Waals surface area contributed by atoms with E-state index in [1.165, 1.54) is 0 Å². The Balaban J connectivity index is 2.68. The topological polar surface area (TPSA) is 41.6 Å². The van der Waals surface area contributed by atoms with Crippen molar-refractivity contribution in [2.45, 2.75) is 65.8 Å². The van der Waals surface area contributed by atoms with Gasteiger partial charge in [-0.15, -0.1) is 0 Å². The number of hydrogen-bond donors (Lipinski definition) is 1. The van der Waals surface area contributed by atoms with Crippen LogP contribution in [0.4, 0.5) is 0 Å². The van der Waals surface area contributed by atoms with Crippen molar-refractivity contribution in [3.8, 4) is 0 Å². The Labute approximate surface area is 111 Å². The van der Waals surface area contributed by atoms with E-state index in [1.807, 2.05) is 18.7 Å². The van der Waals surface area contributed by atoms with Gasteiger partial charge in [-0.05, 0) is 26.2 Å². The highest BCUT2D eigenvalue weighted by atomic mass is 16.5. The summed E-state index contributed by atoms with van der Waals surface area (Å²) in [5.74, 6) is 0.569. The maximum Gasteiger partial charge on any atom is 0.241 e. The van der Waals surface area contributed by atoms with Gasteiger partial charge >= 0.3 is 0 Å². The van der Waals surface area contributed by atoms with Crippen LogP contribution in [0.3, 0.4) is 0 Å². The fourth-order valence-electron chi connectivity index (χ4n) is 2.52. The predicted molar refractivity (Wildman–Crippen MR) is 73.3 cm³/mol. The molecule has 0 aromatic heterocycles. The van der Waals surface area contributed by atoms with E-state index in [2.05, 4.69) is 26.1 Å². The van der Waals surface area contributed by atoms with E-state index in [4.69, 9.17) is 4.74 Å². The molecule has 0 spiro atoms. The zero-order valence-corrected chi connectivity index (χ0v) is 12.4. The lowest BCUT2D eigenvalue weighted by Crippen LogP contribution is -2.41. The molecule has 0 aromatic rings. The van der Waals surface area contributed by atoms with E-state index in [9.17, 15) is 4.79 Å². The molecule has 0 aliphatic carbocycles. The molecule has 1 fully saturated rings. The number of nitrogens with zero attached hydrogens (tertiary/aromatic N) is 1. The van der Waals surface area contributed by atoms with E-state index in [-0.39, 0.29) is 24.2 Å². The molecule has 1 saturated heterocycles. The molecule has 1 N–H and O–H groups in total. The SMILES string of the molecule is CCCC1NC(C(C)C)C(=O)N1CC(C)OCC. The van der Waals surface area contributed by atoms with Gasteiger partial charge in [-0.1, -0.05) is 27.2 Å². The third kappa shape index (κ3) is 3.69. The third-order valence-electron chi connectivity index (χ3n) is 3.43. The van der Waals surface area contributed by atoms with Crippen LogP contribution in [0.15, 0.2) is 0 Å². The number of ether oxygens (including phenoxy) is 1. The quantitative estimate of drug-likeness (QED) is 0.757. The van der Waals surface area contributed by atoms with Gasteiger partial charge in [0.1, 0.15) is 0 Å². The molecule has 1 aliphatic heterocycles. The molecule has 106 valence electrons. The Bertz CT molecular complexity index is 269. The Morgan fingerprint density at radius 1 is 1.33 bits per heavy atom. The number of amides is 1. The van der Waals surface area contributed by atoms with E-state index in [0.717, 1.165) is 12.8 Å². The van der Waals surface area contributed by atoms with Gasteiger partial charge in [0.15, 0.2) is 0 Å². The zero-order chi connectivity index (χ0) is 13.7. The molecule has 4 heteroatoms. The van der Waals surface area contributed by atoms with Crippen LogP contribution in [0.5, 0.6) is 0 Å². The van der Waals surface area contributed by atoms with Gasteiger partial charge in [0, 0.05) is 13.2 Å². The Morgan fingerprint density at radius 3 is 2.50 bits per heavy atom. The fourth-order valence-corrected chi connectivity index (χ4v) is 2.52. The van der Waals surface area contributed by atoms with Crippen molar-refractivity contribution in [1.29, 1.82) is 0 Å². The number of nitrogens with one attached hydrogen (secondary N) is 1. The molecule has 0 saturated carbocycles. The van der Waals surface area contributed by atoms with Crippen LogP contribution in [0, 0.1) is 5.92 Å². The van der Waals surface area contributed by atoms with Gasteiger partial charge in [-0.3, -0.25) is 10.1 Å². The average Bonchev–Trinajstić information content (AvgIpc) is 2.59. The van der Waals surface area contributed by atoms with Gasteiger partial charge in [0.2, 0.25) is 5.91 Å². The Kier molecular flexibility index (Phi) is 6.09. The molecule has 0 aromatic carbocycles. The van der Waals surface area contributed by atoms with Crippen LogP contribution in [-0.4, -0.2) is 42.3 Å². The number of carbonyl (C=O) groups is 1. The second kappa shape index (κ2) is 7.10. The molecule has 0 bridgehead atoms. The molecule has 1 amide bonds. The first-order chi connectivity index (χ1) is 8.51. The maximum atomic E-state index is 12.4. The first-order valence-corrected chi connectivity index (χ1v) is 7.19. The summed E-state index contributed by atoms with van der Waals surface area (Å²) in [6.07, 6.45) is 2.37. The molecule has 0 radical (unpaired) electrons. The van der Waals surface area contributed by atoms with E-state index in [1.54, 1.807) is 0 Å². The lowest BCUT2D eigenvalue weighted by molar-refractivity contribution is -0.132. The molecule has 1 rings (SSSR count). The highest BCUT2D eigenvalue weighted by molar-refractivity contribution is 5.84. The minimum atomic E-state index is -0.0321. The summed E-state index contributed by atoms with van der Waals surface area (Å²) in [6, 6.07) is -0.0321. The minimum Gasteiger partial charge on any atom is -0.377 e. The molecule has 1 heterocycles. The fraction of sp³-hybridized carbons (Fsp3) is 0.929. The van der Waals surface area contributed by atoms with Crippen LogP contribution in [0.25, 0.3) is 0 Å². The van der Waals surface area contributed by atoms with Crippen molar-refractivity contribution in [3.63, 3.8) is 0 Å². The number of carbonyl (C=O) groups excluding carboxylic acids is 1. The summed E-state index contributed by atoms with van der Waals surface area (Å²) < 4.78 is 5.55. The summed E-state index contributed by atoms with van der Waals surface area (Å²) in [4.78, 5) is 14.3. The standard InChI is InChI=1S/C14H28N2O2/c1-6-8-12-15-13(10(3)4)14(17)16(12)9-11(5)18-7-2/h10-13,15H,6-9H2,1-5H3. The second-order valence-corrected chi connectivity index (χ2v) is 5.45. The van der Waals surface area contributed by atoms with Crippen molar-refractivity contribution < 1.29 is 9.53 Å². The van der Waals surface area contributed by atoms with Crippen LogP contribution >= 0.6 is 0 Å². The molecule has 1 aliphatic rings. The highest BCUT2D eigenvalue weighted by Crippen LogP contribution is 2.20. The molecule has 3 atom stereocenters. The summed E-state index contributed by atoms with van der Waals surface area (Å²) in [7, 11) is 0. The minimum absolute atomic E-state index is 0.0321. The zero-order valence-electron chi connectivity index (χ0n) is 12.4. The van der Waals surface area contributed by atoms with Crippen molar-refractivity contribution in [3.05, 3.63) is 0 Å². The first-order valence-electron chi connectivity index (χ1n) is 7.19. The van der Waals surface area contributed by atoms with Crippen LogP contribution in [0.1, 0.15) is 47.5 Å². The largest absolute Gasteiger partial charge is 0.377 e. The van der Waals surface area contributed by atoms with Crippen molar-refractivity contribution >= 4 is 5.91 Å². The smallest absolute Gasteiger partial charge is 0.241 e. The normalized spacial score (nSPS) is 26.1. The van der Waals surface area contributed by atoms with Crippen LogP contribution < -0.4 is 5.32 Å². The van der Waals surface area contributed by atoms with E-state index < -0.39 is 0 Å². The van der Waals surface area contributed by atoms with Crippen molar-refractivity contribution in [2.75, 3.05) is 13.2 Å². The highest BCUT2D eigenvalue weighted by Gasteiger charge is 2.40. The number of hydrogen-bond acceptors (Lipinski definition) is 3. The van der Waals surface area contributed by atoms with E-state index in [0.29, 0.717) is 19.1 Å². The summed E-state index contributed by atoms with van der Waals surface area (Å²) in [5, 5.41) is 3.46. The molecule has 18 heavy (non-hydrogen) atoms. The third-order valence-corrected chi connectivity index (χ3v) is 3.43. The lowest BCUT2D eigenvalue weighted by atomic mass is 10.1. The van der Waals surface area contributed by atoms with Gasteiger partial charge in [-0.2, -0.15) is 0 Å². The van der Waals surface area contributed by atoms with Gasteiger partial charge in [0.05, 0.1) is 18.3 Å². The Morgan fingerprint density at radius 2 is 2.00 bits per heavy atom. The summed E-state index contributed by atoms with van der Waals surface area (Å²) >= 11 is 0. The maximum absolute atomic E-state index is 12.4. The molecular formula is C14H28N2O2. The van der Waals surface area contributed by atoms with E-state index >= 15 is 0 Å². The van der Waals surface area contributed by atoms with Gasteiger partial charge < -0.3 is 9.64 Å². The van der Waals surface area contributed by atoms with Crippen molar-refractivity contribution in [1.82, 2.24) is 10.2 Å². The predicted octanol–water partition coefficient (Wildman–Crippen LogP) is 1.99. The number of rotatable bonds is 7. The van der Waals surface area contributed by atoms with Crippen LogP contribution in [-0.2, 0) is 9.53 Å². The average molecular weight is 256 g/mol. The van der Waals surface area contributed by atoms with Crippen molar-refractivity contribution in [2.24, 2.45) is 5.92 Å². The summed E-state index contributed by atoms with van der Waals surface area (Å²) in [5.41, 5.74) is 0. The van der Waals surface area contributed by atoms with Gasteiger partial charge in [0.25, 0.3) is 0 Å². The Hall–Kier alpha value is -0.610. The molecule has 4 nitrogen and oxygen atoms in total.